The van der Waals surface area contributed by atoms with E-state index in [9.17, 15) is 9.50 Å². The van der Waals surface area contributed by atoms with Crippen molar-refractivity contribution in [1.82, 2.24) is 0 Å². The highest BCUT2D eigenvalue weighted by atomic mass is 19.1. The molecule has 1 unspecified atom stereocenters. The van der Waals surface area contributed by atoms with E-state index >= 15 is 0 Å². The van der Waals surface area contributed by atoms with E-state index < -0.39 is 0 Å². The van der Waals surface area contributed by atoms with Gasteiger partial charge in [0.15, 0.2) is 0 Å². The van der Waals surface area contributed by atoms with Crippen LogP contribution in [0.15, 0.2) is 18.2 Å². The van der Waals surface area contributed by atoms with Crippen molar-refractivity contribution in [3.63, 3.8) is 0 Å². The maximum absolute atomic E-state index is 12.9. The van der Waals surface area contributed by atoms with Crippen molar-refractivity contribution >= 4 is 0 Å². The molecule has 0 bridgehead atoms. The fourth-order valence-electron chi connectivity index (χ4n) is 1.61. The Morgan fingerprint density at radius 2 is 2.07 bits per heavy atom. The molecule has 84 valence electrons. The SMILES string of the molecule is CCC(C)(CO)Cc1ccc(F)cc1C. The van der Waals surface area contributed by atoms with Crippen molar-refractivity contribution in [2.24, 2.45) is 5.41 Å². The van der Waals surface area contributed by atoms with Crippen molar-refractivity contribution in [3.8, 4) is 0 Å². The van der Waals surface area contributed by atoms with Crippen LogP contribution in [0.5, 0.6) is 0 Å². The number of aliphatic hydroxyl groups excluding tert-OH is 1. The van der Waals surface area contributed by atoms with E-state index in [1.165, 1.54) is 6.07 Å². The van der Waals surface area contributed by atoms with Gasteiger partial charge in [0.05, 0.1) is 0 Å². The number of hydrogen-bond donors (Lipinski definition) is 1. The van der Waals surface area contributed by atoms with Crippen molar-refractivity contribution in [1.29, 1.82) is 0 Å². The zero-order valence-electron chi connectivity index (χ0n) is 9.68. The van der Waals surface area contributed by atoms with Gasteiger partial charge in [0.1, 0.15) is 5.82 Å². The molecule has 1 aromatic rings. The summed E-state index contributed by atoms with van der Waals surface area (Å²) in [5, 5.41) is 9.32. The summed E-state index contributed by atoms with van der Waals surface area (Å²) in [5.41, 5.74) is 1.99. The molecule has 0 aliphatic carbocycles. The van der Waals surface area contributed by atoms with E-state index in [0.29, 0.717) is 0 Å². The summed E-state index contributed by atoms with van der Waals surface area (Å²) in [6.07, 6.45) is 1.71. The monoisotopic (exact) mass is 210 g/mol. The van der Waals surface area contributed by atoms with E-state index in [0.717, 1.165) is 24.0 Å². The van der Waals surface area contributed by atoms with Crippen molar-refractivity contribution in [3.05, 3.63) is 35.1 Å². The standard InChI is InChI=1S/C13H19FO/c1-4-13(3,9-15)8-11-5-6-12(14)7-10(11)2/h5-7,15H,4,8-9H2,1-3H3. The first-order valence-electron chi connectivity index (χ1n) is 5.36. The number of aryl methyl sites for hydroxylation is 1. The summed E-state index contributed by atoms with van der Waals surface area (Å²) in [5.74, 6) is -0.196. The molecule has 0 aromatic heterocycles. The summed E-state index contributed by atoms with van der Waals surface area (Å²) in [6.45, 7) is 6.19. The smallest absolute Gasteiger partial charge is 0.123 e. The molecule has 0 saturated heterocycles. The van der Waals surface area contributed by atoms with Crippen LogP contribution in [0.2, 0.25) is 0 Å². The maximum atomic E-state index is 12.9. The van der Waals surface area contributed by atoms with Gasteiger partial charge in [-0.3, -0.25) is 0 Å². The number of rotatable bonds is 4. The summed E-state index contributed by atoms with van der Waals surface area (Å²) < 4.78 is 12.9. The molecule has 0 radical (unpaired) electrons. The fourth-order valence-corrected chi connectivity index (χ4v) is 1.61. The van der Waals surface area contributed by atoms with Crippen LogP contribution in [0, 0.1) is 18.2 Å². The molecule has 0 fully saturated rings. The molecule has 1 N–H and O–H groups in total. The first kappa shape index (κ1) is 12.2. The highest BCUT2D eigenvalue weighted by Crippen LogP contribution is 2.27. The Morgan fingerprint density at radius 3 is 2.53 bits per heavy atom. The topological polar surface area (TPSA) is 20.2 Å². The third-order valence-corrected chi connectivity index (χ3v) is 3.16. The second-order valence-corrected chi connectivity index (χ2v) is 4.57. The lowest BCUT2D eigenvalue weighted by atomic mass is 9.81. The van der Waals surface area contributed by atoms with Gasteiger partial charge >= 0.3 is 0 Å². The van der Waals surface area contributed by atoms with Crippen LogP contribution in [0.1, 0.15) is 31.4 Å². The van der Waals surface area contributed by atoms with Gasteiger partial charge < -0.3 is 5.11 Å². The molecule has 1 nitrogen and oxygen atoms in total. The Hall–Kier alpha value is -0.890. The van der Waals surface area contributed by atoms with E-state index in [1.54, 1.807) is 6.07 Å². The highest BCUT2D eigenvalue weighted by molar-refractivity contribution is 5.27. The number of halogens is 1. The molecule has 0 aliphatic heterocycles. The molecule has 0 amide bonds. The van der Waals surface area contributed by atoms with Gasteiger partial charge in [-0.2, -0.15) is 0 Å². The maximum Gasteiger partial charge on any atom is 0.123 e. The highest BCUT2D eigenvalue weighted by Gasteiger charge is 2.22. The van der Waals surface area contributed by atoms with Gasteiger partial charge in [0.25, 0.3) is 0 Å². The Morgan fingerprint density at radius 1 is 1.40 bits per heavy atom. The first-order chi connectivity index (χ1) is 7.00. The molecular formula is C13H19FO. The van der Waals surface area contributed by atoms with Crippen LogP contribution >= 0.6 is 0 Å². The van der Waals surface area contributed by atoms with Crippen LogP contribution in [0.3, 0.4) is 0 Å². The molecule has 0 aliphatic rings. The summed E-state index contributed by atoms with van der Waals surface area (Å²) >= 11 is 0. The summed E-state index contributed by atoms with van der Waals surface area (Å²) in [4.78, 5) is 0. The molecule has 0 saturated carbocycles. The first-order valence-corrected chi connectivity index (χ1v) is 5.36. The quantitative estimate of drug-likeness (QED) is 0.809. The molecule has 2 heteroatoms. The van der Waals surface area contributed by atoms with Crippen molar-refractivity contribution < 1.29 is 9.50 Å². The average molecular weight is 210 g/mol. The summed E-state index contributed by atoms with van der Waals surface area (Å²) in [7, 11) is 0. The van der Waals surface area contributed by atoms with Gasteiger partial charge in [0.2, 0.25) is 0 Å². The zero-order chi connectivity index (χ0) is 11.5. The molecule has 15 heavy (non-hydrogen) atoms. The molecular weight excluding hydrogens is 191 g/mol. The number of hydrogen-bond acceptors (Lipinski definition) is 1. The Labute approximate surface area is 90.9 Å². The predicted octanol–water partition coefficient (Wildman–Crippen LogP) is 3.09. The van der Waals surface area contributed by atoms with Crippen LogP contribution in [0.25, 0.3) is 0 Å². The minimum atomic E-state index is -0.196. The average Bonchev–Trinajstić information content (AvgIpc) is 2.22. The van der Waals surface area contributed by atoms with Crippen LogP contribution in [0.4, 0.5) is 4.39 Å². The lowest BCUT2D eigenvalue weighted by molar-refractivity contribution is 0.137. The molecule has 1 aromatic carbocycles. The lowest BCUT2D eigenvalue weighted by Crippen LogP contribution is -2.23. The van der Waals surface area contributed by atoms with Crippen molar-refractivity contribution in [2.75, 3.05) is 6.61 Å². The van der Waals surface area contributed by atoms with Gasteiger partial charge in [-0.15, -0.1) is 0 Å². The normalized spacial score (nSPS) is 15.0. The molecule has 0 heterocycles. The third-order valence-electron chi connectivity index (χ3n) is 3.16. The fraction of sp³-hybridized carbons (Fsp3) is 0.538. The molecule has 1 rings (SSSR count). The molecule has 1 atom stereocenters. The van der Waals surface area contributed by atoms with Crippen LogP contribution in [-0.4, -0.2) is 11.7 Å². The van der Waals surface area contributed by atoms with Crippen molar-refractivity contribution in [2.45, 2.75) is 33.6 Å². The minimum absolute atomic E-state index is 0.0947. The Kier molecular flexibility index (Phi) is 3.86. The van der Waals surface area contributed by atoms with E-state index in [1.807, 2.05) is 13.0 Å². The number of benzene rings is 1. The van der Waals surface area contributed by atoms with E-state index in [-0.39, 0.29) is 17.8 Å². The van der Waals surface area contributed by atoms with Gasteiger partial charge in [-0.05, 0) is 48.4 Å². The predicted molar refractivity (Wildman–Crippen MR) is 60.3 cm³/mol. The molecule has 0 spiro atoms. The Bertz CT molecular complexity index is 329. The van der Waals surface area contributed by atoms with Crippen LogP contribution < -0.4 is 0 Å². The van der Waals surface area contributed by atoms with E-state index in [4.69, 9.17) is 0 Å². The summed E-state index contributed by atoms with van der Waals surface area (Å²) in [6, 6.07) is 4.84. The Balaban J connectivity index is 2.89. The third kappa shape index (κ3) is 3.03. The van der Waals surface area contributed by atoms with Crippen LogP contribution in [-0.2, 0) is 6.42 Å². The minimum Gasteiger partial charge on any atom is -0.396 e. The lowest BCUT2D eigenvalue weighted by Gasteiger charge is -2.26. The second-order valence-electron chi connectivity index (χ2n) is 4.57. The van der Waals surface area contributed by atoms with E-state index in [2.05, 4.69) is 13.8 Å². The second kappa shape index (κ2) is 4.75. The number of aliphatic hydroxyl groups is 1. The zero-order valence-corrected chi connectivity index (χ0v) is 9.68. The largest absolute Gasteiger partial charge is 0.396 e. The van der Waals surface area contributed by atoms with Gasteiger partial charge in [0, 0.05) is 6.61 Å². The van der Waals surface area contributed by atoms with Gasteiger partial charge in [-0.1, -0.05) is 19.9 Å². The van der Waals surface area contributed by atoms with Gasteiger partial charge in [-0.25, -0.2) is 4.39 Å².